The number of rotatable bonds is 3. The molecule has 2 N–H and O–H groups in total. The molecule has 0 atom stereocenters. The van der Waals surface area contributed by atoms with E-state index in [2.05, 4.69) is 15.5 Å². The minimum absolute atomic E-state index is 0.00859. The van der Waals surface area contributed by atoms with E-state index < -0.39 is 5.97 Å². The normalized spacial score (nSPS) is 16.2. The van der Waals surface area contributed by atoms with E-state index in [4.69, 9.17) is 0 Å². The van der Waals surface area contributed by atoms with Gasteiger partial charge in [-0.05, 0) is 18.9 Å². The molecule has 2 aromatic rings. The minimum atomic E-state index is -1.04. The van der Waals surface area contributed by atoms with Crippen molar-refractivity contribution in [3.05, 3.63) is 30.0 Å². The Labute approximate surface area is 117 Å². The number of nitrogens with zero attached hydrogens (tertiary/aromatic N) is 2. The highest BCUT2D eigenvalue weighted by Crippen LogP contribution is 2.28. The first-order valence-electron chi connectivity index (χ1n) is 7.01. The van der Waals surface area contributed by atoms with E-state index in [0.717, 1.165) is 23.7 Å². The first kappa shape index (κ1) is 12.8. The smallest absolute Gasteiger partial charge is 0.358 e. The number of carboxylic acid groups (broad SMARTS) is 1. The molecular formula is C15H17N3O2. The summed E-state index contributed by atoms with van der Waals surface area (Å²) in [7, 11) is 0. The van der Waals surface area contributed by atoms with Gasteiger partial charge in [-0.2, -0.15) is 0 Å². The molecule has 3 rings (SSSR count). The zero-order valence-corrected chi connectivity index (χ0v) is 11.2. The lowest BCUT2D eigenvalue weighted by atomic mass is 9.95. The fraction of sp³-hybridized carbons (Fsp3) is 0.400. The second kappa shape index (κ2) is 5.45. The third-order valence-electron chi connectivity index (χ3n) is 3.82. The molecule has 1 aromatic carbocycles. The van der Waals surface area contributed by atoms with Crippen LogP contribution in [-0.4, -0.2) is 27.3 Å². The molecule has 0 bridgehead atoms. The van der Waals surface area contributed by atoms with Gasteiger partial charge in [0.1, 0.15) is 0 Å². The van der Waals surface area contributed by atoms with Gasteiger partial charge in [-0.3, -0.25) is 0 Å². The fourth-order valence-corrected chi connectivity index (χ4v) is 2.80. The highest BCUT2D eigenvalue weighted by atomic mass is 16.4. The van der Waals surface area contributed by atoms with E-state index in [-0.39, 0.29) is 5.69 Å². The number of aromatic nitrogens is 2. The zero-order chi connectivity index (χ0) is 13.9. The van der Waals surface area contributed by atoms with E-state index in [1.54, 1.807) is 0 Å². The molecule has 1 aromatic heterocycles. The van der Waals surface area contributed by atoms with Gasteiger partial charge in [0.15, 0.2) is 5.69 Å². The highest BCUT2D eigenvalue weighted by molar-refractivity contribution is 6.02. The summed E-state index contributed by atoms with van der Waals surface area (Å²) in [5.74, 6) is -1.04. The molecule has 20 heavy (non-hydrogen) atoms. The summed E-state index contributed by atoms with van der Waals surface area (Å²) in [6, 6.07) is 7.83. The molecular weight excluding hydrogens is 254 g/mol. The van der Waals surface area contributed by atoms with Crippen LogP contribution >= 0.6 is 0 Å². The maximum absolute atomic E-state index is 11.4. The maximum Gasteiger partial charge on any atom is 0.358 e. The van der Waals surface area contributed by atoms with Crippen molar-refractivity contribution in [1.82, 2.24) is 10.2 Å². The van der Waals surface area contributed by atoms with Gasteiger partial charge < -0.3 is 10.4 Å². The molecule has 5 nitrogen and oxygen atoms in total. The molecule has 0 unspecified atom stereocenters. The number of aromatic carboxylic acids is 1. The highest BCUT2D eigenvalue weighted by Gasteiger charge is 2.20. The van der Waals surface area contributed by atoms with E-state index in [1.165, 1.54) is 19.3 Å². The number of nitrogens with one attached hydrogen (secondary N) is 1. The Morgan fingerprint density at radius 2 is 1.90 bits per heavy atom. The van der Waals surface area contributed by atoms with Crippen molar-refractivity contribution < 1.29 is 9.90 Å². The molecule has 1 fully saturated rings. The number of carbonyl (C=O) groups is 1. The van der Waals surface area contributed by atoms with Gasteiger partial charge in [0.05, 0.1) is 11.2 Å². The van der Waals surface area contributed by atoms with Crippen LogP contribution in [0.2, 0.25) is 0 Å². The number of hydrogen-bond donors (Lipinski definition) is 2. The standard InChI is InChI=1S/C15H17N3O2/c19-15(20)14-13(16-10-6-2-1-3-7-10)11-8-4-5-9-12(11)17-18-14/h4-5,8-10H,1-3,6-7H2,(H,16,17)(H,19,20). The van der Waals surface area contributed by atoms with Crippen LogP contribution in [0.4, 0.5) is 5.69 Å². The van der Waals surface area contributed by atoms with Crippen LogP contribution in [-0.2, 0) is 0 Å². The predicted octanol–water partition coefficient (Wildman–Crippen LogP) is 3.07. The largest absolute Gasteiger partial charge is 0.476 e. The Hall–Kier alpha value is -2.17. The van der Waals surface area contributed by atoms with Crippen LogP contribution in [0.5, 0.6) is 0 Å². The fourth-order valence-electron chi connectivity index (χ4n) is 2.80. The number of hydrogen-bond acceptors (Lipinski definition) is 4. The molecule has 0 radical (unpaired) electrons. The first-order chi connectivity index (χ1) is 9.75. The molecule has 1 aliphatic rings. The van der Waals surface area contributed by atoms with Gasteiger partial charge in [0, 0.05) is 11.4 Å². The van der Waals surface area contributed by atoms with Crippen molar-refractivity contribution in [1.29, 1.82) is 0 Å². The van der Waals surface area contributed by atoms with Crippen LogP contribution in [0.1, 0.15) is 42.6 Å². The molecule has 0 amide bonds. The summed E-state index contributed by atoms with van der Waals surface area (Å²) in [5.41, 5.74) is 1.33. The predicted molar refractivity (Wildman–Crippen MR) is 77.0 cm³/mol. The van der Waals surface area contributed by atoms with Crippen molar-refractivity contribution in [3.8, 4) is 0 Å². The van der Waals surface area contributed by atoms with Crippen LogP contribution in [0, 0.1) is 0 Å². The molecule has 1 saturated carbocycles. The molecule has 104 valence electrons. The number of fused-ring (bicyclic) bond motifs is 1. The molecule has 1 aliphatic carbocycles. The Bertz CT molecular complexity index is 636. The summed E-state index contributed by atoms with van der Waals surface area (Å²) >= 11 is 0. The minimum Gasteiger partial charge on any atom is -0.476 e. The van der Waals surface area contributed by atoms with Crippen LogP contribution in [0.15, 0.2) is 24.3 Å². The second-order valence-electron chi connectivity index (χ2n) is 5.23. The van der Waals surface area contributed by atoms with Crippen LogP contribution in [0.25, 0.3) is 10.9 Å². The lowest BCUT2D eigenvalue weighted by molar-refractivity contribution is 0.0690. The SMILES string of the molecule is O=C(O)c1nnc2ccccc2c1NC1CCCCC1. The topological polar surface area (TPSA) is 75.1 Å². The summed E-state index contributed by atoms with van der Waals surface area (Å²) in [6.45, 7) is 0. The van der Waals surface area contributed by atoms with Crippen LogP contribution < -0.4 is 5.32 Å². The van der Waals surface area contributed by atoms with Crippen molar-refractivity contribution in [2.45, 2.75) is 38.1 Å². The number of benzene rings is 1. The van der Waals surface area contributed by atoms with Crippen LogP contribution in [0.3, 0.4) is 0 Å². The van der Waals surface area contributed by atoms with E-state index in [0.29, 0.717) is 11.7 Å². The molecule has 0 aliphatic heterocycles. The third-order valence-corrected chi connectivity index (χ3v) is 3.82. The molecule has 1 heterocycles. The van der Waals surface area contributed by atoms with Crippen molar-refractivity contribution in [2.75, 3.05) is 5.32 Å². The molecule has 0 spiro atoms. The summed E-state index contributed by atoms with van der Waals surface area (Å²) in [5, 5.41) is 21.4. The zero-order valence-electron chi connectivity index (χ0n) is 11.2. The quantitative estimate of drug-likeness (QED) is 0.897. The summed E-state index contributed by atoms with van der Waals surface area (Å²) < 4.78 is 0. The average Bonchev–Trinajstić information content (AvgIpc) is 2.48. The van der Waals surface area contributed by atoms with Gasteiger partial charge in [-0.15, -0.1) is 10.2 Å². The summed E-state index contributed by atoms with van der Waals surface area (Å²) in [4.78, 5) is 11.4. The van der Waals surface area contributed by atoms with Gasteiger partial charge in [-0.25, -0.2) is 4.79 Å². The summed E-state index contributed by atoms with van der Waals surface area (Å²) in [6.07, 6.45) is 5.80. The van der Waals surface area contributed by atoms with Crippen molar-refractivity contribution >= 4 is 22.6 Å². The van der Waals surface area contributed by atoms with Gasteiger partial charge in [0.2, 0.25) is 0 Å². The van der Waals surface area contributed by atoms with Crippen molar-refractivity contribution in [3.63, 3.8) is 0 Å². The van der Waals surface area contributed by atoms with E-state index in [1.807, 2.05) is 24.3 Å². The Morgan fingerprint density at radius 3 is 2.65 bits per heavy atom. The van der Waals surface area contributed by atoms with E-state index >= 15 is 0 Å². The van der Waals surface area contributed by atoms with Gasteiger partial charge in [-0.1, -0.05) is 37.5 Å². The average molecular weight is 271 g/mol. The number of carboxylic acids is 1. The lowest BCUT2D eigenvalue weighted by Gasteiger charge is -2.24. The lowest BCUT2D eigenvalue weighted by Crippen LogP contribution is -2.24. The Kier molecular flexibility index (Phi) is 3.50. The van der Waals surface area contributed by atoms with Crippen molar-refractivity contribution in [2.24, 2.45) is 0 Å². The monoisotopic (exact) mass is 271 g/mol. The number of anilines is 1. The Balaban J connectivity index is 2.04. The first-order valence-corrected chi connectivity index (χ1v) is 7.01. The molecule has 5 heteroatoms. The Morgan fingerprint density at radius 1 is 1.15 bits per heavy atom. The maximum atomic E-state index is 11.4. The second-order valence-corrected chi connectivity index (χ2v) is 5.23. The van der Waals surface area contributed by atoms with Gasteiger partial charge >= 0.3 is 5.97 Å². The third kappa shape index (κ3) is 2.43. The molecule has 0 saturated heterocycles. The van der Waals surface area contributed by atoms with Gasteiger partial charge in [0.25, 0.3) is 0 Å². The van der Waals surface area contributed by atoms with E-state index in [9.17, 15) is 9.90 Å².